The summed E-state index contributed by atoms with van der Waals surface area (Å²) < 4.78 is 15.9. The number of hydrogen-bond donors (Lipinski definition) is 2. The monoisotopic (exact) mass is 868 g/mol. The number of nitrogens with zero attached hydrogens (tertiary/aromatic N) is 8. The maximum absolute atomic E-state index is 14.1. The molecule has 0 spiro atoms. The van der Waals surface area contributed by atoms with Crippen molar-refractivity contribution in [3.63, 3.8) is 0 Å². The molecule has 3 amide bonds. The molecule has 2 unspecified atom stereocenters. The topological polar surface area (TPSA) is 165 Å². The second kappa shape index (κ2) is 19.1. The molecular weight excluding hydrogens is 816 g/mol. The van der Waals surface area contributed by atoms with E-state index in [2.05, 4.69) is 30.3 Å². The minimum absolute atomic E-state index is 0.0338. The Labute approximate surface area is 371 Å². The highest BCUT2D eigenvalue weighted by molar-refractivity contribution is 6.24. The molecule has 0 radical (unpaired) electrons. The Balaban J connectivity index is 0.672. The number of carbonyl (C=O) groups excluding carboxylic acids is 5. The molecule has 3 fully saturated rings. The van der Waals surface area contributed by atoms with Gasteiger partial charge in [0.05, 0.1) is 48.1 Å². The first kappa shape index (κ1) is 42.7. The number of halogens is 1. The van der Waals surface area contributed by atoms with Crippen LogP contribution >= 0.6 is 0 Å². The first-order chi connectivity index (χ1) is 31.2. The van der Waals surface area contributed by atoms with Gasteiger partial charge >= 0.3 is 0 Å². The van der Waals surface area contributed by atoms with E-state index < -0.39 is 17.9 Å². The predicted molar refractivity (Wildman–Crippen MR) is 240 cm³/mol. The molecule has 3 aromatic heterocycles. The highest BCUT2D eigenvalue weighted by Crippen LogP contribution is 2.36. The molecule has 332 valence electrons. The minimum Gasteiger partial charge on any atom is -0.385 e. The number of Topliss-reactive ketones (excluding diaryl/α,β-unsaturated/α-hetero) is 2. The summed E-state index contributed by atoms with van der Waals surface area (Å²) in [7, 11) is 0. The number of fused-ring (bicyclic) bond motifs is 2. The van der Waals surface area contributed by atoms with Crippen molar-refractivity contribution in [3.05, 3.63) is 102 Å². The number of ketones is 2. The molecule has 15 nitrogen and oxygen atoms in total. The molecule has 16 heteroatoms. The van der Waals surface area contributed by atoms with Crippen molar-refractivity contribution in [1.29, 1.82) is 0 Å². The van der Waals surface area contributed by atoms with E-state index in [1.807, 2.05) is 40.9 Å². The van der Waals surface area contributed by atoms with Gasteiger partial charge in [-0.3, -0.25) is 33.8 Å². The van der Waals surface area contributed by atoms with E-state index in [4.69, 9.17) is 10.1 Å². The van der Waals surface area contributed by atoms with E-state index in [1.54, 1.807) is 36.5 Å². The highest BCUT2D eigenvalue weighted by atomic mass is 19.1. The van der Waals surface area contributed by atoms with E-state index in [9.17, 15) is 28.4 Å². The number of aromatic nitrogens is 4. The quantitative estimate of drug-likeness (QED) is 0.0691. The van der Waals surface area contributed by atoms with Crippen molar-refractivity contribution >= 4 is 52.3 Å². The van der Waals surface area contributed by atoms with Crippen molar-refractivity contribution < 1.29 is 28.4 Å². The first-order valence-corrected chi connectivity index (χ1v) is 22.6. The molecule has 2 atom stereocenters. The Morgan fingerprint density at radius 2 is 1.56 bits per heavy atom. The van der Waals surface area contributed by atoms with Gasteiger partial charge in [-0.05, 0) is 92.3 Å². The van der Waals surface area contributed by atoms with Gasteiger partial charge in [-0.2, -0.15) is 0 Å². The van der Waals surface area contributed by atoms with Crippen LogP contribution in [0.15, 0.2) is 79.0 Å². The third kappa shape index (κ3) is 9.23. The second-order valence-electron chi connectivity index (χ2n) is 17.2. The van der Waals surface area contributed by atoms with E-state index in [0.29, 0.717) is 19.6 Å². The molecule has 2 saturated heterocycles. The number of unbranched alkanes of at least 4 members (excludes halogenated alkanes) is 4. The maximum Gasteiger partial charge on any atom is 0.262 e. The van der Waals surface area contributed by atoms with E-state index >= 15 is 0 Å². The maximum atomic E-state index is 14.1. The Hall–Kier alpha value is -6.55. The third-order valence-corrected chi connectivity index (χ3v) is 12.9. The Kier molecular flexibility index (Phi) is 12.7. The van der Waals surface area contributed by atoms with Gasteiger partial charge in [-0.1, -0.05) is 37.5 Å². The minimum atomic E-state index is -0.872. The van der Waals surface area contributed by atoms with Crippen LogP contribution in [-0.2, 0) is 14.4 Å². The average molecular weight is 869 g/mol. The van der Waals surface area contributed by atoms with Crippen molar-refractivity contribution in [2.45, 2.75) is 76.3 Å². The predicted octanol–water partition coefficient (Wildman–Crippen LogP) is 5.86. The lowest BCUT2D eigenvalue weighted by Gasteiger charge is -2.35. The fourth-order valence-corrected chi connectivity index (χ4v) is 9.45. The molecule has 64 heavy (non-hydrogen) atoms. The highest BCUT2D eigenvalue weighted by Gasteiger charge is 2.44. The van der Waals surface area contributed by atoms with Gasteiger partial charge in [-0.15, -0.1) is 5.10 Å². The summed E-state index contributed by atoms with van der Waals surface area (Å²) in [5.41, 5.74) is 4.56. The van der Waals surface area contributed by atoms with Crippen LogP contribution in [0.3, 0.4) is 0 Å². The van der Waals surface area contributed by atoms with Crippen LogP contribution in [-0.4, -0.2) is 117 Å². The lowest BCUT2D eigenvalue weighted by atomic mass is 9.92. The number of imidazole rings is 1. The molecule has 5 aromatic rings. The number of carbonyl (C=O) groups is 5. The van der Waals surface area contributed by atoms with Crippen molar-refractivity contribution in [2.75, 3.05) is 67.5 Å². The molecule has 0 bridgehead atoms. The van der Waals surface area contributed by atoms with Crippen molar-refractivity contribution in [3.8, 4) is 11.4 Å². The van der Waals surface area contributed by atoms with Gasteiger partial charge in [0.25, 0.3) is 11.8 Å². The summed E-state index contributed by atoms with van der Waals surface area (Å²) in [6, 6.07) is 21.0. The Morgan fingerprint density at radius 3 is 2.39 bits per heavy atom. The zero-order valence-corrected chi connectivity index (χ0v) is 35.9. The molecule has 6 heterocycles. The van der Waals surface area contributed by atoms with Crippen molar-refractivity contribution in [2.24, 2.45) is 0 Å². The molecule has 2 aromatic carbocycles. The summed E-state index contributed by atoms with van der Waals surface area (Å²) >= 11 is 0. The number of pyridine rings is 1. The van der Waals surface area contributed by atoms with Crippen molar-refractivity contribution in [1.82, 2.24) is 34.7 Å². The molecular formula is C48H53FN10O5. The summed E-state index contributed by atoms with van der Waals surface area (Å²) in [6.07, 6.45) is 8.77. The summed E-state index contributed by atoms with van der Waals surface area (Å²) in [5.74, 6) is 0.00765. The van der Waals surface area contributed by atoms with Gasteiger partial charge in [0.2, 0.25) is 5.91 Å². The zero-order valence-electron chi connectivity index (χ0n) is 35.9. The number of nitrogens with one attached hydrogen (secondary N) is 2. The molecule has 2 N–H and O–H groups in total. The summed E-state index contributed by atoms with van der Waals surface area (Å²) in [5, 5.41) is 11.4. The average Bonchev–Trinajstić information content (AvgIpc) is 4.03. The van der Waals surface area contributed by atoms with E-state index in [0.717, 1.165) is 122 Å². The molecule has 1 saturated carbocycles. The van der Waals surface area contributed by atoms with Gasteiger partial charge in [0.15, 0.2) is 11.4 Å². The lowest BCUT2D eigenvalue weighted by Crippen LogP contribution is -2.49. The van der Waals surface area contributed by atoms with Gasteiger partial charge in [0.1, 0.15) is 28.9 Å². The number of hydrogen-bond acceptors (Lipinski definition) is 12. The zero-order chi connectivity index (χ0) is 44.2. The Morgan fingerprint density at radius 1 is 0.766 bits per heavy atom. The van der Waals surface area contributed by atoms with Gasteiger partial charge in [0, 0.05) is 57.9 Å². The number of benzene rings is 2. The fourth-order valence-electron chi connectivity index (χ4n) is 9.45. The summed E-state index contributed by atoms with van der Waals surface area (Å²) in [6.45, 7) is 5.55. The number of imide groups is 1. The molecule has 1 aliphatic carbocycles. The third-order valence-electron chi connectivity index (χ3n) is 12.9. The second-order valence-corrected chi connectivity index (χ2v) is 17.2. The standard InChI is InChI=1S/C48H53FN10O5/c49-33-10-6-9-32(27-33)39-12-8-22-57(39)45-19-18-43-52-30-41(59(43)54-45)38-11-7-13-44(53-38)56-25-23-55(24-26-56)31-46(62)51-21-5-3-1-2-4-20-50-34-14-16-36-37(28-34)48(64)58(47(36)63)40-17-15-35(60)29-42(40)61/h6-7,9-11,13-14,16,18-19,27-28,30,39-40,50H,1-5,8,12,15,17,20-26,29,31H2,(H,51,62). The lowest BCUT2D eigenvalue weighted by molar-refractivity contribution is -0.132. The number of piperazine rings is 1. The van der Waals surface area contributed by atoms with Crippen LogP contribution in [0.25, 0.3) is 17.0 Å². The summed E-state index contributed by atoms with van der Waals surface area (Å²) in [4.78, 5) is 80.4. The largest absolute Gasteiger partial charge is 0.385 e. The number of anilines is 3. The van der Waals surface area contributed by atoms with Crippen LogP contribution in [0, 0.1) is 5.82 Å². The van der Waals surface area contributed by atoms with Gasteiger partial charge in [-0.25, -0.2) is 18.9 Å². The van der Waals surface area contributed by atoms with Crippen LogP contribution < -0.4 is 20.4 Å². The van der Waals surface area contributed by atoms with E-state index in [1.165, 1.54) is 6.07 Å². The van der Waals surface area contributed by atoms with Gasteiger partial charge < -0.3 is 20.4 Å². The molecule has 3 aliphatic heterocycles. The van der Waals surface area contributed by atoms with Crippen LogP contribution in [0.5, 0.6) is 0 Å². The SMILES string of the molecule is O=C1CCC(N2C(=O)c3ccc(NCCCCCCCNC(=O)CN4CCN(c5cccc(-c6cnc7ccc(N8CCCC8c8cccc(F)c8)nn67)n5)CC4)cc3C2=O)C(=O)C1. The van der Waals surface area contributed by atoms with Crippen LogP contribution in [0.4, 0.5) is 21.7 Å². The van der Waals surface area contributed by atoms with Crippen LogP contribution in [0.1, 0.15) is 96.5 Å². The Bertz CT molecular complexity index is 2570. The first-order valence-electron chi connectivity index (χ1n) is 22.6. The smallest absolute Gasteiger partial charge is 0.262 e. The number of rotatable bonds is 16. The van der Waals surface area contributed by atoms with E-state index in [-0.39, 0.29) is 59.7 Å². The normalized spacial score (nSPS) is 19.2. The molecule has 4 aliphatic rings. The number of amides is 3. The molecule has 9 rings (SSSR count). The van der Waals surface area contributed by atoms with Crippen LogP contribution in [0.2, 0.25) is 0 Å². The fraction of sp³-hybridized carbons (Fsp3) is 0.417.